The quantitative estimate of drug-likeness (QED) is 0.930. The lowest BCUT2D eigenvalue weighted by molar-refractivity contribution is -0.141. The molecule has 0 aromatic carbocycles. The third-order valence-electron chi connectivity index (χ3n) is 4.04. The second-order valence-electron chi connectivity index (χ2n) is 5.61. The summed E-state index contributed by atoms with van der Waals surface area (Å²) in [6.07, 6.45) is -0.387. The number of aromatic nitrogens is 3. The molecule has 24 heavy (non-hydrogen) atoms. The summed E-state index contributed by atoms with van der Waals surface area (Å²) in [6.45, 7) is 1.06. The molecule has 2 aromatic heterocycles. The SMILES string of the molecule is O=C(O)c1cnn(C2CCN(c3cccc(C(F)(F)F)n3)CC2)c1. The van der Waals surface area contributed by atoms with E-state index in [1.165, 1.54) is 18.5 Å². The van der Waals surface area contributed by atoms with Gasteiger partial charge in [-0.3, -0.25) is 4.68 Å². The molecule has 0 spiro atoms. The lowest BCUT2D eigenvalue weighted by Crippen LogP contribution is -2.35. The lowest BCUT2D eigenvalue weighted by atomic mass is 10.1. The molecule has 0 aliphatic carbocycles. The van der Waals surface area contributed by atoms with E-state index in [0.29, 0.717) is 31.7 Å². The number of aromatic carboxylic acids is 1. The number of alkyl halides is 3. The number of hydrogen-bond acceptors (Lipinski definition) is 4. The van der Waals surface area contributed by atoms with Crippen molar-refractivity contribution < 1.29 is 23.1 Å². The molecule has 0 atom stereocenters. The van der Waals surface area contributed by atoms with Gasteiger partial charge in [-0.1, -0.05) is 6.07 Å². The third kappa shape index (κ3) is 3.34. The number of carbonyl (C=O) groups is 1. The molecule has 2 aromatic rings. The Morgan fingerprint density at radius 3 is 2.54 bits per heavy atom. The number of carboxylic acid groups (broad SMARTS) is 1. The van der Waals surface area contributed by atoms with Crippen LogP contribution < -0.4 is 4.90 Å². The molecule has 0 radical (unpaired) electrons. The van der Waals surface area contributed by atoms with Gasteiger partial charge in [-0.05, 0) is 25.0 Å². The average molecular weight is 340 g/mol. The molecule has 128 valence electrons. The first-order valence-electron chi connectivity index (χ1n) is 7.41. The number of rotatable bonds is 3. The van der Waals surface area contributed by atoms with E-state index in [1.807, 2.05) is 0 Å². The fraction of sp³-hybridized carbons (Fsp3) is 0.400. The third-order valence-corrected chi connectivity index (χ3v) is 4.04. The zero-order valence-electron chi connectivity index (χ0n) is 12.6. The van der Waals surface area contributed by atoms with Crippen molar-refractivity contribution in [3.63, 3.8) is 0 Å². The maximum atomic E-state index is 12.7. The first-order chi connectivity index (χ1) is 11.3. The van der Waals surface area contributed by atoms with Crippen LogP contribution in [0.25, 0.3) is 0 Å². The summed E-state index contributed by atoms with van der Waals surface area (Å²) >= 11 is 0. The fourth-order valence-corrected chi connectivity index (χ4v) is 2.76. The number of halogens is 3. The molecular weight excluding hydrogens is 325 g/mol. The number of pyridine rings is 1. The van der Waals surface area contributed by atoms with E-state index < -0.39 is 17.8 Å². The largest absolute Gasteiger partial charge is 0.478 e. The monoisotopic (exact) mass is 340 g/mol. The summed E-state index contributed by atoms with van der Waals surface area (Å²) in [6, 6.07) is 3.89. The van der Waals surface area contributed by atoms with Crippen LogP contribution in [0.3, 0.4) is 0 Å². The van der Waals surface area contributed by atoms with Gasteiger partial charge in [0.2, 0.25) is 0 Å². The Labute approximate surface area is 135 Å². The second kappa shape index (κ2) is 6.14. The highest BCUT2D eigenvalue weighted by atomic mass is 19.4. The van der Waals surface area contributed by atoms with Crippen molar-refractivity contribution in [1.29, 1.82) is 0 Å². The minimum atomic E-state index is -4.46. The van der Waals surface area contributed by atoms with Crippen LogP contribution >= 0.6 is 0 Å². The first kappa shape index (κ1) is 16.3. The van der Waals surface area contributed by atoms with Crippen LogP contribution in [0.5, 0.6) is 0 Å². The van der Waals surface area contributed by atoms with E-state index in [1.54, 1.807) is 15.6 Å². The van der Waals surface area contributed by atoms with Gasteiger partial charge in [-0.2, -0.15) is 18.3 Å². The maximum absolute atomic E-state index is 12.7. The van der Waals surface area contributed by atoms with E-state index in [-0.39, 0.29) is 11.6 Å². The van der Waals surface area contributed by atoms with Gasteiger partial charge in [0, 0.05) is 19.3 Å². The van der Waals surface area contributed by atoms with Crippen molar-refractivity contribution in [1.82, 2.24) is 14.8 Å². The molecule has 1 aliphatic heterocycles. The molecule has 1 saturated heterocycles. The minimum absolute atomic E-state index is 0.0279. The van der Waals surface area contributed by atoms with Crippen molar-refractivity contribution >= 4 is 11.8 Å². The number of anilines is 1. The van der Waals surface area contributed by atoms with Gasteiger partial charge in [0.25, 0.3) is 0 Å². The predicted molar refractivity (Wildman–Crippen MR) is 78.9 cm³/mol. The van der Waals surface area contributed by atoms with Gasteiger partial charge in [0.05, 0.1) is 17.8 Å². The van der Waals surface area contributed by atoms with Crippen molar-refractivity contribution in [2.75, 3.05) is 18.0 Å². The summed E-state index contributed by atoms with van der Waals surface area (Å²) in [5, 5.41) is 13.0. The molecule has 1 N–H and O–H groups in total. The molecule has 6 nitrogen and oxygen atoms in total. The Morgan fingerprint density at radius 2 is 1.96 bits per heavy atom. The molecule has 1 fully saturated rings. The zero-order chi connectivity index (χ0) is 17.3. The molecule has 0 saturated carbocycles. The molecule has 0 unspecified atom stereocenters. The van der Waals surface area contributed by atoms with E-state index in [4.69, 9.17) is 5.11 Å². The van der Waals surface area contributed by atoms with Gasteiger partial charge in [0.1, 0.15) is 11.5 Å². The highest BCUT2D eigenvalue weighted by Gasteiger charge is 2.33. The van der Waals surface area contributed by atoms with Gasteiger partial charge in [-0.15, -0.1) is 0 Å². The molecule has 0 amide bonds. The Morgan fingerprint density at radius 1 is 1.25 bits per heavy atom. The normalized spacial score (nSPS) is 16.4. The summed E-state index contributed by atoms with van der Waals surface area (Å²) < 4.78 is 39.8. The topological polar surface area (TPSA) is 71.2 Å². The Bertz CT molecular complexity index is 736. The summed E-state index contributed by atoms with van der Waals surface area (Å²) in [7, 11) is 0. The molecule has 3 heterocycles. The summed E-state index contributed by atoms with van der Waals surface area (Å²) in [5.74, 6) is -0.734. The van der Waals surface area contributed by atoms with E-state index in [9.17, 15) is 18.0 Å². The number of nitrogens with zero attached hydrogens (tertiary/aromatic N) is 4. The van der Waals surface area contributed by atoms with Crippen LogP contribution in [-0.4, -0.2) is 38.9 Å². The van der Waals surface area contributed by atoms with Crippen LogP contribution in [0.1, 0.15) is 34.9 Å². The minimum Gasteiger partial charge on any atom is -0.478 e. The second-order valence-corrected chi connectivity index (χ2v) is 5.61. The van der Waals surface area contributed by atoms with Crippen LogP contribution in [0, 0.1) is 0 Å². The molecule has 9 heteroatoms. The number of piperidine rings is 1. The van der Waals surface area contributed by atoms with Crippen molar-refractivity contribution in [3.8, 4) is 0 Å². The number of carboxylic acids is 1. The van der Waals surface area contributed by atoms with Crippen LogP contribution in [-0.2, 0) is 6.18 Å². The van der Waals surface area contributed by atoms with Crippen LogP contribution in [0.15, 0.2) is 30.6 Å². The maximum Gasteiger partial charge on any atom is 0.433 e. The van der Waals surface area contributed by atoms with Gasteiger partial charge >= 0.3 is 12.1 Å². The molecular formula is C15H15F3N4O2. The van der Waals surface area contributed by atoms with Gasteiger partial charge < -0.3 is 10.0 Å². The van der Waals surface area contributed by atoms with E-state index in [0.717, 1.165) is 6.07 Å². The molecule has 0 bridgehead atoms. The predicted octanol–water partition coefficient (Wildman–Crippen LogP) is 2.84. The van der Waals surface area contributed by atoms with E-state index >= 15 is 0 Å². The highest BCUT2D eigenvalue weighted by Crippen LogP contribution is 2.30. The van der Waals surface area contributed by atoms with Crippen LogP contribution in [0.4, 0.5) is 19.0 Å². The summed E-state index contributed by atoms with van der Waals surface area (Å²) in [5.41, 5.74) is -0.780. The Kier molecular flexibility index (Phi) is 4.16. The van der Waals surface area contributed by atoms with Crippen molar-refractivity contribution in [3.05, 3.63) is 41.9 Å². The summed E-state index contributed by atoms with van der Waals surface area (Å²) in [4.78, 5) is 16.4. The van der Waals surface area contributed by atoms with E-state index in [2.05, 4.69) is 10.1 Å². The highest BCUT2D eigenvalue weighted by molar-refractivity contribution is 5.86. The molecule has 3 rings (SSSR count). The van der Waals surface area contributed by atoms with Crippen molar-refractivity contribution in [2.45, 2.75) is 25.1 Å². The Hall–Kier alpha value is -2.58. The first-order valence-corrected chi connectivity index (χ1v) is 7.41. The Balaban J connectivity index is 1.67. The average Bonchev–Trinajstić information content (AvgIpc) is 3.05. The fourth-order valence-electron chi connectivity index (χ4n) is 2.76. The van der Waals surface area contributed by atoms with Gasteiger partial charge in [0.15, 0.2) is 0 Å². The zero-order valence-corrected chi connectivity index (χ0v) is 12.6. The van der Waals surface area contributed by atoms with Crippen molar-refractivity contribution in [2.24, 2.45) is 0 Å². The number of hydrogen-bond donors (Lipinski definition) is 1. The smallest absolute Gasteiger partial charge is 0.433 e. The standard InChI is InChI=1S/C15H15F3N4O2/c16-15(17,18)12-2-1-3-13(20-12)21-6-4-11(5-7-21)22-9-10(8-19-22)14(23)24/h1-3,8-9,11H,4-7H2,(H,23,24). The lowest BCUT2D eigenvalue weighted by Gasteiger charge is -2.33. The molecule has 1 aliphatic rings. The van der Waals surface area contributed by atoms with Gasteiger partial charge in [-0.25, -0.2) is 9.78 Å². The van der Waals surface area contributed by atoms with Crippen LogP contribution in [0.2, 0.25) is 0 Å².